The number of amides is 1. The van der Waals surface area contributed by atoms with Gasteiger partial charge < -0.3 is 9.64 Å². The molecule has 0 saturated carbocycles. The zero-order valence-corrected chi connectivity index (χ0v) is 13.5. The van der Waals surface area contributed by atoms with Crippen LogP contribution < -0.4 is 0 Å². The number of hydrogen-bond acceptors (Lipinski definition) is 5. The Bertz CT molecular complexity index is 704. The lowest BCUT2D eigenvalue weighted by Crippen LogP contribution is -2.28. The van der Waals surface area contributed by atoms with Gasteiger partial charge in [0, 0.05) is 6.20 Å². The van der Waals surface area contributed by atoms with Crippen LogP contribution in [-0.2, 0) is 16.1 Å². The maximum Gasteiger partial charge on any atom is 0.337 e. The molecule has 1 aromatic heterocycles. The first-order chi connectivity index (χ1) is 11.2. The number of carbonyl (C=O) groups excluding carboxylic acids is 2. The van der Waals surface area contributed by atoms with Crippen LogP contribution in [0.5, 0.6) is 0 Å². The number of thioether (sulfide) groups is 1. The number of esters is 1. The topological polar surface area (TPSA) is 59.5 Å². The lowest BCUT2D eigenvalue weighted by atomic mass is 10.1. The number of nitrogens with zero attached hydrogens (tertiary/aromatic N) is 2. The summed E-state index contributed by atoms with van der Waals surface area (Å²) in [6, 6.07) is 12.9. The summed E-state index contributed by atoms with van der Waals surface area (Å²) in [5.74, 6) is 0.190. The Morgan fingerprint density at radius 1 is 1.30 bits per heavy atom. The van der Waals surface area contributed by atoms with Gasteiger partial charge in [0.15, 0.2) is 0 Å². The average molecular weight is 328 g/mol. The van der Waals surface area contributed by atoms with Crippen LogP contribution >= 0.6 is 11.8 Å². The van der Waals surface area contributed by atoms with Crippen molar-refractivity contribution in [3.8, 4) is 0 Å². The van der Waals surface area contributed by atoms with E-state index in [-0.39, 0.29) is 17.3 Å². The number of aromatic nitrogens is 1. The van der Waals surface area contributed by atoms with Gasteiger partial charge in [0.05, 0.1) is 30.7 Å². The highest BCUT2D eigenvalue weighted by molar-refractivity contribution is 8.00. The molecule has 1 unspecified atom stereocenters. The van der Waals surface area contributed by atoms with E-state index in [0.717, 1.165) is 11.3 Å². The zero-order chi connectivity index (χ0) is 16.2. The molecule has 2 aromatic rings. The molecule has 1 aromatic carbocycles. The molecular formula is C17H16N2O3S. The Morgan fingerprint density at radius 3 is 2.74 bits per heavy atom. The second kappa shape index (κ2) is 6.83. The highest BCUT2D eigenvalue weighted by Crippen LogP contribution is 2.39. The molecule has 2 heterocycles. The van der Waals surface area contributed by atoms with Gasteiger partial charge in [-0.15, -0.1) is 11.8 Å². The van der Waals surface area contributed by atoms with Gasteiger partial charge in [-0.05, 0) is 29.8 Å². The first kappa shape index (κ1) is 15.6. The molecule has 5 nitrogen and oxygen atoms in total. The van der Waals surface area contributed by atoms with Gasteiger partial charge in [0.1, 0.15) is 5.37 Å². The first-order valence-corrected chi connectivity index (χ1v) is 8.23. The van der Waals surface area contributed by atoms with E-state index in [4.69, 9.17) is 4.74 Å². The molecule has 0 bridgehead atoms. The van der Waals surface area contributed by atoms with Crippen LogP contribution in [0.25, 0.3) is 0 Å². The molecule has 0 spiro atoms. The standard InChI is InChI=1S/C17H16N2O3S/c1-22-17(21)13-7-5-12(6-8-13)16-19(15(20)11-23-16)10-14-4-2-3-9-18-14/h2-9,16H,10-11H2,1H3. The molecular weight excluding hydrogens is 312 g/mol. The minimum Gasteiger partial charge on any atom is -0.465 e. The third kappa shape index (κ3) is 3.37. The summed E-state index contributed by atoms with van der Waals surface area (Å²) in [4.78, 5) is 29.8. The van der Waals surface area contributed by atoms with E-state index in [0.29, 0.717) is 17.9 Å². The molecule has 23 heavy (non-hydrogen) atoms. The molecule has 1 amide bonds. The third-order valence-corrected chi connectivity index (χ3v) is 4.90. The van der Waals surface area contributed by atoms with Crippen LogP contribution in [0.15, 0.2) is 48.7 Å². The van der Waals surface area contributed by atoms with Crippen LogP contribution in [0.3, 0.4) is 0 Å². The zero-order valence-electron chi connectivity index (χ0n) is 12.6. The van der Waals surface area contributed by atoms with Crippen LogP contribution in [-0.4, -0.2) is 34.6 Å². The fourth-order valence-electron chi connectivity index (χ4n) is 2.47. The van der Waals surface area contributed by atoms with E-state index in [9.17, 15) is 9.59 Å². The van der Waals surface area contributed by atoms with Crippen LogP contribution in [0.4, 0.5) is 0 Å². The molecule has 6 heteroatoms. The molecule has 3 rings (SSSR count). The smallest absolute Gasteiger partial charge is 0.337 e. The minimum atomic E-state index is -0.364. The monoisotopic (exact) mass is 328 g/mol. The maximum atomic E-state index is 12.2. The largest absolute Gasteiger partial charge is 0.465 e. The second-order valence-electron chi connectivity index (χ2n) is 5.12. The highest BCUT2D eigenvalue weighted by atomic mass is 32.2. The fourth-order valence-corrected chi connectivity index (χ4v) is 3.66. The molecule has 1 fully saturated rings. The van der Waals surface area contributed by atoms with Crippen molar-refractivity contribution in [2.45, 2.75) is 11.9 Å². The summed E-state index contributed by atoms with van der Waals surface area (Å²) in [6.07, 6.45) is 1.73. The molecule has 0 N–H and O–H groups in total. The predicted molar refractivity (Wildman–Crippen MR) is 87.8 cm³/mol. The van der Waals surface area contributed by atoms with E-state index in [2.05, 4.69) is 4.98 Å². The lowest BCUT2D eigenvalue weighted by Gasteiger charge is -2.24. The molecule has 1 aliphatic rings. The van der Waals surface area contributed by atoms with Crippen molar-refractivity contribution in [3.05, 3.63) is 65.5 Å². The summed E-state index contributed by atoms with van der Waals surface area (Å²) in [5.41, 5.74) is 2.35. The third-order valence-electron chi connectivity index (χ3n) is 3.64. The summed E-state index contributed by atoms with van der Waals surface area (Å²) in [5, 5.41) is -0.0591. The van der Waals surface area contributed by atoms with Crippen molar-refractivity contribution in [1.82, 2.24) is 9.88 Å². The molecule has 1 saturated heterocycles. The van der Waals surface area contributed by atoms with Gasteiger partial charge in [-0.1, -0.05) is 18.2 Å². The molecule has 0 radical (unpaired) electrons. The van der Waals surface area contributed by atoms with Crippen LogP contribution in [0, 0.1) is 0 Å². The van der Waals surface area contributed by atoms with Gasteiger partial charge in [-0.3, -0.25) is 9.78 Å². The second-order valence-corrected chi connectivity index (χ2v) is 6.19. The summed E-state index contributed by atoms with van der Waals surface area (Å²) >= 11 is 1.58. The van der Waals surface area contributed by atoms with E-state index >= 15 is 0 Å². The number of pyridine rings is 1. The maximum absolute atomic E-state index is 12.2. The summed E-state index contributed by atoms with van der Waals surface area (Å²) in [7, 11) is 1.36. The van der Waals surface area contributed by atoms with Gasteiger partial charge in [0.25, 0.3) is 0 Å². The van der Waals surface area contributed by atoms with E-state index < -0.39 is 0 Å². The van der Waals surface area contributed by atoms with E-state index in [1.54, 1.807) is 30.1 Å². The quantitative estimate of drug-likeness (QED) is 0.808. The number of hydrogen-bond donors (Lipinski definition) is 0. The van der Waals surface area contributed by atoms with Crippen molar-refractivity contribution >= 4 is 23.6 Å². The normalized spacial score (nSPS) is 17.3. The van der Waals surface area contributed by atoms with Gasteiger partial charge in [0.2, 0.25) is 5.91 Å². The first-order valence-electron chi connectivity index (χ1n) is 7.18. The van der Waals surface area contributed by atoms with Crippen molar-refractivity contribution < 1.29 is 14.3 Å². The van der Waals surface area contributed by atoms with Crippen LogP contribution in [0.2, 0.25) is 0 Å². The van der Waals surface area contributed by atoms with Crippen molar-refractivity contribution in [3.63, 3.8) is 0 Å². The molecule has 1 atom stereocenters. The van der Waals surface area contributed by atoms with Gasteiger partial charge in [-0.2, -0.15) is 0 Å². The SMILES string of the molecule is COC(=O)c1ccc(C2SCC(=O)N2Cc2ccccn2)cc1. The summed E-state index contributed by atoms with van der Waals surface area (Å²) < 4.78 is 4.70. The Balaban J connectivity index is 1.80. The summed E-state index contributed by atoms with van der Waals surface area (Å²) in [6.45, 7) is 0.482. The van der Waals surface area contributed by atoms with E-state index in [1.807, 2.05) is 35.2 Å². The molecule has 118 valence electrons. The van der Waals surface area contributed by atoms with E-state index in [1.165, 1.54) is 7.11 Å². The highest BCUT2D eigenvalue weighted by Gasteiger charge is 2.33. The Hall–Kier alpha value is -2.34. The number of benzene rings is 1. The number of methoxy groups -OCH3 is 1. The van der Waals surface area contributed by atoms with Gasteiger partial charge in [-0.25, -0.2) is 4.79 Å². The van der Waals surface area contributed by atoms with Crippen molar-refractivity contribution in [2.24, 2.45) is 0 Å². The molecule has 1 aliphatic heterocycles. The Labute approximate surface area is 138 Å². The van der Waals surface area contributed by atoms with Gasteiger partial charge >= 0.3 is 5.97 Å². The number of carbonyl (C=O) groups is 2. The fraction of sp³-hybridized carbons (Fsp3) is 0.235. The van der Waals surface area contributed by atoms with Crippen LogP contribution in [0.1, 0.15) is 27.0 Å². The van der Waals surface area contributed by atoms with Crippen molar-refractivity contribution in [1.29, 1.82) is 0 Å². The Morgan fingerprint density at radius 2 is 2.09 bits per heavy atom. The number of rotatable bonds is 4. The lowest BCUT2D eigenvalue weighted by molar-refractivity contribution is -0.128. The average Bonchev–Trinajstić information content (AvgIpc) is 2.96. The molecule has 0 aliphatic carbocycles. The minimum absolute atomic E-state index is 0.0591. The predicted octanol–water partition coefficient (Wildman–Crippen LogP) is 2.64. The number of ether oxygens (including phenoxy) is 1. The Kier molecular flexibility index (Phi) is 4.62. The van der Waals surface area contributed by atoms with Crippen molar-refractivity contribution in [2.75, 3.05) is 12.9 Å².